The van der Waals surface area contributed by atoms with E-state index in [2.05, 4.69) is 6.92 Å². The molecule has 1 aliphatic heterocycles. The van der Waals surface area contributed by atoms with Gasteiger partial charge < -0.3 is 14.6 Å². The molecule has 0 saturated carbocycles. The molecule has 1 aromatic carbocycles. The van der Waals surface area contributed by atoms with E-state index in [-0.39, 0.29) is 17.1 Å². The number of benzene rings is 1. The first-order valence-electron chi connectivity index (χ1n) is 8.83. The molecule has 0 spiro atoms. The van der Waals surface area contributed by atoms with Gasteiger partial charge in [-0.2, -0.15) is 0 Å². The van der Waals surface area contributed by atoms with E-state index < -0.39 is 12.2 Å². The highest BCUT2D eigenvalue weighted by atomic mass is 32.1. The standard InChI is InChI=1S/C19H27NO4S/c1-3-4-6-11-16(21)17(23-2)18(22)20-15(13-24-19(20)25)12-14-9-7-5-8-10-14/h5,7-10,15-17,21H,3-4,6,11-13H2,1-2H3/t15-,16+,17+/m0/s1. The van der Waals surface area contributed by atoms with Crippen molar-refractivity contribution in [2.24, 2.45) is 0 Å². The Labute approximate surface area is 154 Å². The maximum absolute atomic E-state index is 12.9. The number of hydrogen-bond donors (Lipinski definition) is 1. The number of thiocarbonyl (C=S) groups is 1. The summed E-state index contributed by atoms with van der Waals surface area (Å²) >= 11 is 5.22. The Bertz CT molecular complexity index is 566. The molecule has 1 N–H and O–H groups in total. The molecule has 0 radical (unpaired) electrons. The normalized spacial score (nSPS) is 19.6. The minimum absolute atomic E-state index is 0.161. The van der Waals surface area contributed by atoms with Crippen molar-refractivity contribution in [2.45, 2.75) is 57.3 Å². The van der Waals surface area contributed by atoms with Gasteiger partial charge in [-0.15, -0.1) is 0 Å². The van der Waals surface area contributed by atoms with E-state index in [4.69, 9.17) is 21.7 Å². The number of carbonyl (C=O) groups excluding carboxylic acids is 1. The minimum Gasteiger partial charge on any atom is -0.468 e. The predicted octanol–water partition coefficient (Wildman–Crippen LogP) is 2.70. The van der Waals surface area contributed by atoms with Gasteiger partial charge in [0.2, 0.25) is 0 Å². The molecule has 1 saturated heterocycles. The first-order valence-corrected chi connectivity index (χ1v) is 9.23. The first kappa shape index (κ1) is 19.8. The van der Waals surface area contributed by atoms with E-state index in [1.54, 1.807) is 0 Å². The molecular weight excluding hydrogens is 338 g/mol. The van der Waals surface area contributed by atoms with Crippen LogP contribution in [0.15, 0.2) is 30.3 Å². The van der Waals surface area contributed by atoms with Crippen LogP contribution in [0, 0.1) is 0 Å². The lowest BCUT2D eigenvalue weighted by Gasteiger charge is -2.28. The fraction of sp³-hybridized carbons (Fsp3) is 0.579. The molecule has 0 aromatic heterocycles. The zero-order valence-electron chi connectivity index (χ0n) is 14.9. The van der Waals surface area contributed by atoms with Gasteiger partial charge in [-0.25, -0.2) is 0 Å². The molecule has 1 aliphatic rings. The number of nitrogens with zero attached hydrogens (tertiary/aromatic N) is 1. The summed E-state index contributed by atoms with van der Waals surface area (Å²) in [6.45, 7) is 2.46. The summed E-state index contributed by atoms with van der Waals surface area (Å²) in [6.07, 6.45) is 2.35. The molecule has 0 bridgehead atoms. The van der Waals surface area contributed by atoms with E-state index in [9.17, 15) is 9.90 Å². The van der Waals surface area contributed by atoms with Crippen molar-refractivity contribution in [3.8, 4) is 0 Å². The summed E-state index contributed by atoms with van der Waals surface area (Å²) in [5.41, 5.74) is 1.11. The van der Waals surface area contributed by atoms with Gasteiger partial charge in [-0.1, -0.05) is 56.5 Å². The predicted molar refractivity (Wildman–Crippen MR) is 100 cm³/mol. The number of rotatable bonds is 9. The van der Waals surface area contributed by atoms with Crippen LogP contribution in [0.2, 0.25) is 0 Å². The second-order valence-electron chi connectivity index (χ2n) is 6.35. The van der Waals surface area contributed by atoms with Crippen LogP contribution in [0.4, 0.5) is 0 Å². The highest BCUT2D eigenvalue weighted by molar-refractivity contribution is 7.80. The minimum atomic E-state index is -0.922. The van der Waals surface area contributed by atoms with E-state index in [0.717, 1.165) is 24.8 Å². The number of ether oxygens (including phenoxy) is 2. The topological polar surface area (TPSA) is 59.0 Å². The summed E-state index contributed by atoms with van der Waals surface area (Å²) in [5, 5.41) is 10.5. The van der Waals surface area contributed by atoms with Crippen LogP contribution in [-0.4, -0.2) is 53.1 Å². The Morgan fingerprint density at radius 3 is 2.76 bits per heavy atom. The lowest BCUT2D eigenvalue weighted by atomic mass is 10.0. The van der Waals surface area contributed by atoms with Gasteiger partial charge in [-0.05, 0) is 30.6 Å². The fourth-order valence-electron chi connectivity index (χ4n) is 3.08. The number of aliphatic hydroxyl groups is 1. The van der Waals surface area contributed by atoms with Crippen LogP contribution in [-0.2, 0) is 20.7 Å². The second-order valence-corrected chi connectivity index (χ2v) is 6.70. The van der Waals surface area contributed by atoms with Crippen molar-refractivity contribution in [1.82, 2.24) is 4.90 Å². The largest absolute Gasteiger partial charge is 0.468 e. The van der Waals surface area contributed by atoms with E-state index in [0.29, 0.717) is 19.4 Å². The quantitative estimate of drug-likeness (QED) is 0.539. The second kappa shape index (κ2) is 9.85. The maximum atomic E-state index is 12.9. The average Bonchev–Trinajstić information content (AvgIpc) is 2.97. The van der Waals surface area contributed by atoms with Gasteiger partial charge in [0.05, 0.1) is 12.1 Å². The summed E-state index contributed by atoms with van der Waals surface area (Å²) in [7, 11) is 1.44. The highest BCUT2D eigenvalue weighted by Gasteiger charge is 2.40. The highest BCUT2D eigenvalue weighted by Crippen LogP contribution is 2.21. The van der Waals surface area contributed by atoms with Crippen LogP contribution in [0.5, 0.6) is 0 Å². The SMILES string of the molecule is CCCCC[C@@H](O)[C@@H](OC)C(=O)N1C(=S)OC[C@@H]1Cc1ccccc1. The van der Waals surface area contributed by atoms with Gasteiger partial charge >= 0.3 is 0 Å². The van der Waals surface area contributed by atoms with Crippen LogP contribution in [0.25, 0.3) is 0 Å². The molecule has 1 fully saturated rings. The summed E-state index contributed by atoms with van der Waals surface area (Å²) in [5.74, 6) is -0.324. The molecule has 1 heterocycles. The van der Waals surface area contributed by atoms with Crippen molar-refractivity contribution in [3.05, 3.63) is 35.9 Å². The Morgan fingerprint density at radius 2 is 2.12 bits per heavy atom. The number of aliphatic hydroxyl groups excluding tert-OH is 1. The monoisotopic (exact) mass is 365 g/mol. The maximum Gasteiger partial charge on any atom is 0.266 e. The lowest BCUT2D eigenvalue weighted by molar-refractivity contribution is -0.146. The molecule has 25 heavy (non-hydrogen) atoms. The number of carbonyl (C=O) groups is 1. The summed E-state index contributed by atoms with van der Waals surface area (Å²) in [6, 6.07) is 9.73. The third kappa shape index (κ3) is 5.23. The zero-order chi connectivity index (χ0) is 18.2. The fourth-order valence-corrected chi connectivity index (χ4v) is 3.39. The number of amides is 1. The van der Waals surface area contributed by atoms with Crippen LogP contribution < -0.4 is 0 Å². The zero-order valence-corrected chi connectivity index (χ0v) is 15.7. The first-order chi connectivity index (χ1) is 12.1. The van der Waals surface area contributed by atoms with E-state index in [1.807, 2.05) is 30.3 Å². The third-order valence-corrected chi connectivity index (χ3v) is 4.78. The molecular formula is C19H27NO4S. The molecule has 1 aromatic rings. The molecule has 5 nitrogen and oxygen atoms in total. The van der Waals surface area contributed by atoms with Gasteiger partial charge in [-0.3, -0.25) is 9.69 Å². The Balaban J connectivity index is 2.06. The number of unbranched alkanes of at least 4 members (excludes halogenated alkanes) is 2. The number of methoxy groups -OCH3 is 1. The molecule has 6 heteroatoms. The lowest BCUT2D eigenvalue weighted by Crippen LogP contribution is -2.50. The molecule has 1 amide bonds. The summed E-state index contributed by atoms with van der Waals surface area (Å²) in [4.78, 5) is 14.4. The average molecular weight is 365 g/mol. The molecule has 138 valence electrons. The molecule has 3 atom stereocenters. The van der Waals surface area contributed by atoms with Crippen molar-refractivity contribution in [3.63, 3.8) is 0 Å². The van der Waals surface area contributed by atoms with Gasteiger partial charge in [0.25, 0.3) is 11.1 Å². The third-order valence-electron chi connectivity index (χ3n) is 4.46. The van der Waals surface area contributed by atoms with Crippen LogP contribution in [0.3, 0.4) is 0 Å². The molecule has 2 rings (SSSR count). The van der Waals surface area contributed by atoms with Crippen molar-refractivity contribution in [2.75, 3.05) is 13.7 Å². The van der Waals surface area contributed by atoms with Crippen molar-refractivity contribution >= 4 is 23.3 Å². The van der Waals surface area contributed by atoms with Gasteiger partial charge in [0.15, 0.2) is 6.10 Å². The molecule has 0 unspecified atom stereocenters. The van der Waals surface area contributed by atoms with E-state index >= 15 is 0 Å². The van der Waals surface area contributed by atoms with Crippen LogP contribution in [0.1, 0.15) is 38.2 Å². The van der Waals surface area contributed by atoms with Gasteiger partial charge in [0, 0.05) is 7.11 Å². The van der Waals surface area contributed by atoms with Crippen LogP contribution >= 0.6 is 12.2 Å². The Hall–Kier alpha value is -1.50. The molecule has 0 aliphatic carbocycles. The number of hydrogen-bond acceptors (Lipinski definition) is 5. The Kier molecular flexibility index (Phi) is 7.81. The van der Waals surface area contributed by atoms with E-state index in [1.165, 1.54) is 12.0 Å². The summed E-state index contributed by atoms with van der Waals surface area (Å²) < 4.78 is 10.8. The van der Waals surface area contributed by atoms with Gasteiger partial charge in [0.1, 0.15) is 6.61 Å². The smallest absolute Gasteiger partial charge is 0.266 e. The van der Waals surface area contributed by atoms with Crippen molar-refractivity contribution in [1.29, 1.82) is 0 Å². The van der Waals surface area contributed by atoms with Crippen molar-refractivity contribution < 1.29 is 19.4 Å². The Morgan fingerprint density at radius 1 is 1.40 bits per heavy atom.